The fraction of sp³-hybridized carbons (Fsp3) is 0.476. The Labute approximate surface area is 173 Å². The van der Waals surface area contributed by atoms with Crippen molar-refractivity contribution in [2.24, 2.45) is 0 Å². The molecule has 0 unspecified atom stereocenters. The van der Waals surface area contributed by atoms with Gasteiger partial charge < -0.3 is 19.9 Å². The summed E-state index contributed by atoms with van der Waals surface area (Å²) < 4.78 is 5.22. The lowest BCUT2D eigenvalue weighted by Crippen LogP contribution is -2.36. The van der Waals surface area contributed by atoms with Crippen LogP contribution in [0.5, 0.6) is 5.75 Å². The molecule has 0 saturated heterocycles. The van der Waals surface area contributed by atoms with Crippen LogP contribution in [0, 0.1) is 0 Å². The summed E-state index contributed by atoms with van der Waals surface area (Å²) in [4.78, 5) is 6.00. The van der Waals surface area contributed by atoms with Crippen LogP contribution in [0.25, 0.3) is 0 Å². The number of anilines is 1. The van der Waals surface area contributed by atoms with Crippen LogP contribution in [-0.2, 0) is 6.54 Å². The summed E-state index contributed by atoms with van der Waals surface area (Å²) in [7, 11) is 3.88. The van der Waals surface area contributed by atoms with Crippen LogP contribution in [0.2, 0.25) is 0 Å². The monoisotopic (exact) mass is 405 g/mol. The second-order valence-corrected chi connectivity index (χ2v) is 8.09. The van der Waals surface area contributed by atoms with Gasteiger partial charge in [0.15, 0.2) is 5.11 Å². The average molecular weight is 406 g/mol. The van der Waals surface area contributed by atoms with Crippen molar-refractivity contribution >= 4 is 34.4 Å². The van der Waals surface area contributed by atoms with Crippen molar-refractivity contribution in [2.45, 2.75) is 32.7 Å². The highest BCUT2D eigenvalue weighted by atomic mass is 32.1. The summed E-state index contributed by atoms with van der Waals surface area (Å²) >= 11 is 7.49. The Kier molecular flexibility index (Phi) is 9.59. The standard InChI is InChI=1S/C21H31N3OS2/c1-4-5-13-23(2)14-7-15-24(17-20-8-6-16-27-20)21(26)22-18-9-11-19(25-3)12-10-18/h6,8-12,16H,4-5,7,13-15,17H2,1-3H3,(H,22,26). The van der Waals surface area contributed by atoms with E-state index in [4.69, 9.17) is 17.0 Å². The molecule has 27 heavy (non-hydrogen) atoms. The van der Waals surface area contributed by atoms with Gasteiger partial charge in [0.05, 0.1) is 13.7 Å². The van der Waals surface area contributed by atoms with Gasteiger partial charge in [-0.15, -0.1) is 11.3 Å². The van der Waals surface area contributed by atoms with Crippen molar-refractivity contribution in [2.75, 3.05) is 39.1 Å². The lowest BCUT2D eigenvalue weighted by atomic mass is 10.3. The lowest BCUT2D eigenvalue weighted by Gasteiger charge is -2.26. The Morgan fingerprint density at radius 3 is 2.48 bits per heavy atom. The van der Waals surface area contributed by atoms with E-state index in [0.29, 0.717) is 0 Å². The zero-order valence-electron chi connectivity index (χ0n) is 16.6. The summed E-state index contributed by atoms with van der Waals surface area (Å²) in [5.74, 6) is 0.844. The van der Waals surface area contributed by atoms with E-state index >= 15 is 0 Å². The topological polar surface area (TPSA) is 27.7 Å². The van der Waals surface area contributed by atoms with E-state index in [1.165, 1.54) is 17.7 Å². The van der Waals surface area contributed by atoms with E-state index < -0.39 is 0 Å². The number of thiocarbonyl (C=S) groups is 1. The molecule has 1 heterocycles. The molecule has 0 aliphatic rings. The molecule has 6 heteroatoms. The number of benzene rings is 1. The number of methoxy groups -OCH3 is 1. The lowest BCUT2D eigenvalue weighted by molar-refractivity contribution is 0.300. The van der Waals surface area contributed by atoms with Gasteiger partial charge in [0.1, 0.15) is 5.75 Å². The van der Waals surface area contributed by atoms with Crippen LogP contribution < -0.4 is 10.1 Å². The summed E-state index contributed by atoms with van der Waals surface area (Å²) in [6.07, 6.45) is 3.59. The summed E-state index contributed by atoms with van der Waals surface area (Å²) in [5, 5.41) is 6.26. The van der Waals surface area contributed by atoms with Crippen LogP contribution in [0.15, 0.2) is 41.8 Å². The summed E-state index contributed by atoms with van der Waals surface area (Å²) in [5.41, 5.74) is 0.983. The van der Waals surface area contributed by atoms with E-state index in [1.54, 1.807) is 18.4 Å². The Hall–Kier alpha value is -1.63. The molecule has 0 radical (unpaired) electrons. The molecular formula is C21H31N3OS2. The Morgan fingerprint density at radius 2 is 1.85 bits per heavy atom. The molecule has 2 rings (SSSR count). The SMILES string of the molecule is CCCCN(C)CCCN(Cc1cccs1)C(=S)Nc1ccc(OC)cc1. The molecule has 0 atom stereocenters. The molecular weight excluding hydrogens is 374 g/mol. The molecule has 148 valence electrons. The Bertz CT molecular complexity index is 659. The van der Waals surface area contributed by atoms with Crippen molar-refractivity contribution in [3.05, 3.63) is 46.7 Å². The molecule has 0 amide bonds. The number of ether oxygens (including phenoxy) is 1. The molecule has 4 nitrogen and oxygen atoms in total. The third-order valence-corrected chi connectivity index (χ3v) is 5.64. The average Bonchev–Trinajstić information content (AvgIpc) is 3.19. The predicted octanol–water partition coefficient (Wildman–Crippen LogP) is 5.08. The minimum Gasteiger partial charge on any atom is -0.497 e. The van der Waals surface area contributed by atoms with Gasteiger partial charge in [-0.05, 0) is 80.9 Å². The molecule has 2 aromatic rings. The molecule has 0 saturated carbocycles. The van der Waals surface area contributed by atoms with E-state index in [0.717, 1.165) is 49.1 Å². The van der Waals surface area contributed by atoms with E-state index in [2.05, 4.69) is 46.6 Å². The predicted molar refractivity (Wildman–Crippen MR) is 121 cm³/mol. The number of rotatable bonds is 11. The minimum atomic E-state index is 0.768. The molecule has 1 aromatic carbocycles. The van der Waals surface area contributed by atoms with E-state index in [-0.39, 0.29) is 0 Å². The van der Waals surface area contributed by atoms with Gasteiger partial charge in [0.2, 0.25) is 0 Å². The van der Waals surface area contributed by atoms with Gasteiger partial charge in [0, 0.05) is 17.1 Å². The third-order valence-electron chi connectivity index (χ3n) is 4.42. The van der Waals surface area contributed by atoms with Gasteiger partial charge in [-0.1, -0.05) is 19.4 Å². The fourth-order valence-corrected chi connectivity index (χ4v) is 3.78. The van der Waals surface area contributed by atoms with Crippen LogP contribution in [0.1, 0.15) is 31.1 Å². The third kappa shape index (κ3) is 7.87. The first-order valence-electron chi connectivity index (χ1n) is 9.53. The van der Waals surface area contributed by atoms with Gasteiger partial charge >= 0.3 is 0 Å². The first-order valence-corrected chi connectivity index (χ1v) is 10.8. The van der Waals surface area contributed by atoms with Crippen molar-refractivity contribution in [1.29, 1.82) is 0 Å². The molecule has 0 aliphatic carbocycles. The van der Waals surface area contributed by atoms with E-state index in [1.807, 2.05) is 24.3 Å². The zero-order valence-corrected chi connectivity index (χ0v) is 18.2. The maximum absolute atomic E-state index is 5.72. The quantitative estimate of drug-likeness (QED) is 0.527. The maximum Gasteiger partial charge on any atom is 0.173 e. The second-order valence-electron chi connectivity index (χ2n) is 6.67. The molecule has 0 bridgehead atoms. The number of thiophene rings is 1. The second kappa shape index (κ2) is 12.0. The Morgan fingerprint density at radius 1 is 1.11 bits per heavy atom. The van der Waals surface area contributed by atoms with E-state index in [9.17, 15) is 0 Å². The molecule has 1 aromatic heterocycles. The first kappa shape index (κ1) is 21.7. The molecule has 0 aliphatic heterocycles. The van der Waals surface area contributed by atoms with Crippen molar-refractivity contribution < 1.29 is 4.74 Å². The van der Waals surface area contributed by atoms with Gasteiger partial charge in [-0.3, -0.25) is 0 Å². The number of unbranched alkanes of at least 4 members (excludes halogenated alkanes) is 1. The fourth-order valence-electron chi connectivity index (χ4n) is 2.79. The normalized spacial score (nSPS) is 10.8. The van der Waals surface area contributed by atoms with Gasteiger partial charge in [0.25, 0.3) is 0 Å². The number of nitrogens with zero attached hydrogens (tertiary/aromatic N) is 2. The van der Waals surface area contributed by atoms with Crippen LogP contribution in [0.3, 0.4) is 0 Å². The van der Waals surface area contributed by atoms with Gasteiger partial charge in [-0.2, -0.15) is 0 Å². The van der Waals surface area contributed by atoms with Crippen molar-refractivity contribution in [3.63, 3.8) is 0 Å². The minimum absolute atomic E-state index is 0.768. The van der Waals surface area contributed by atoms with Crippen molar-refractivity contribution in [1.82, 2.24) is 9.80 Å². The molecule has 1 N–H and O–H groups in total. The number of hydrogen-bond donors (Lipinski definition) is 1. The summed E-state index contributed by atoms with van der Waals surface area (Å²) in [6, 6.07) is 12.1. The number of nitrogens with one attached hydrogen (secondary N) is 1. The number of hydrogen-bond acceptors (Lipinski definition) is 4. The van der Waals surface area contributed by atoms with Gasteiger partial charge in [-0.25, -0.2) is 0 Å². The highest BCUT2D eigenvalue weighted by Gasteiger charge is 2.12. The summed E-state index contributed by atoms with van der Waals surface area (Å²) in [6.45, 7) is 6.27. The van der Waals surface area contributed by atoms with Crippen LogP contribution in [0.4, 0.5) is 5.69 Å². The molecule has 0 spiro atoms. The highest BCUT2D eigenvalue weighted by molar-refractivity contribution is 7.80. The maximum atomic E-state index is 5.72. The zero-order chi connectivity index (χ0) is 19.5. The van der Waals surface area contributed by atoms with Crippen LogP contribution >= 0.6 is 23.6 Å². The van der Waals surface area contributed by atoms with Crippen molar-refractivity contribution in [3.8, 4) is 5.75 Å². The largest absolute Gasteiger partial charge is 0.497 e. The molecule has 0 fully saturated rings. The smallest absolute Gasteiger partial charge is 0.173 e. The highest BCUT2D eigenvalue weighted by Crippen LogP contribution is 2.17. The van der Waals surface area contributed by atoms with Crippen LogP contribution in [-0.4, -0.2) is 48.7 Å². The first-order chi connectivity index (χ1) is 13.1. The Balaban J connectivity index is 1.92.